The lowest BCUT2D eigenvalue weighted by atomic mass is 9.93. The number of morpholine rings is 1. The number of anilines is 3. The van der Waals surface area contributed by atoms with Crippen LogP contribution in [0.25, 0.3) is 0 Å². The number of hydrogen-bond donors (Lipinski definition) is 2. The number of aromatic nitrogens is 2. The quantitative estimate of drug-likeness (QED) is 0.358. The number of carboxylic acid groups (broad SMARTS) is 1. The van der Waals surface area contributed by atoms with Crippen molar-refractivity contribution in [3.05, 3.63) is 70.5 Å². The van der Waals surface area contributed by atoms with Crippen LogP contribution in [0.15, 0.2) is 42.6 Å². The molecule has 0 unspecified atom stereocenters. The smallest absolute Gasteiger partial charge is 0.416 e. The lowest BCUT2D eigenvalue weighted by Crippen LogP contribution is -2.45. The fourth-order valence-electron chi connectivity index (χ4n) is 5.61. The second-order valence-electron chi connectivity index (χ2n) is 10.4. The number of fused-ring (bicyclic) bond motifs is 1. The number of ether oxygens (including phenoxy) is 2. The third kappa shape index (κ3) is 6.44. The molecule has 3 aromatic rings. The van der Waals surface area contributed by atoms with Crippen LogP contribution in [0.1, 0.15) is 53.8 Å². The summed E-state index contributed by atoms with van der Waals surface area (Å²) in [6.45, 7) is 4.26. The predicted molar refractivity (Wildman–Crippen MR) is 153 cm³/mol. The van der Waals surface area contributed by atoms with Gasteiger partial charge in [-0.1, -0.05) is 6.92 Å². The minimum atomic E-state index is -4.61. The van der Waals surface area contributed by atoms with Crippen molar-refractivity contribution in [3.63, 3.8) is 0 Å². The molecule has 2 N–H and O–H groups in total. The number of alkyl halides is 3. The summed E-state index contributed by atoms with van der Waals surface area (Å²) in [4.78, 5) is 24.9. The van der Waals surface area contributed by atoms with E-state index in [1.807, 2.05) is 19.1 Å². The molecule has 1 amide bonds. The molecule has 2 atom stereocenters. The second-order valence-corrected chi connectivity index (χ2v) is 10.4. The van der Waals surface area contributed by atoms with E-state index in [9.17, 15) is 28.3 Å². The van der Waals surface area contributed by atoms with E-state index in [2.05, 4.69) is 15.2 Å². The summed E-state index contributed by atoms with van der Waals surface area (Å²) in [6, 6.07) is 9.48. The number of nitriles is 1. The molecule has 13 heteroatoms. The molecule has 43 heavy (non-hydrogen) atoms. The van der Waals surface area contributed by atoms with Crippen molar-refractivity contribution in [3.8, 4) is 11.9 Å². The lowest BCUT2D eigenvalue weighted by molar-refractivity contribution is -0.137. The Balaban J connectivity index is 1.57. The average Bonchev–Trinajstić information content (AvgIpc) is 3.00. The molecular formula is C30H31F3N6O4. The average molecular weight is 597 g/mol. The van der Waals surface area contributed by atoms with Crippen LogP contribution in [0.5, 0.6) is 5.88 Å². The molecule has 0 aliphatic carbocycles. The third-order valence-corrected chi connectivity index (χ3v) is 7.71. The monoisotopic (exact) mass is 596 g/mol. The normalized spacial score (nSPS) is 18.5. The van der Waals surface area contributed by atoms with E-state index in [0.717, 1.165) is 17.8 Å². The van der Waals surface area contributed by atoms with Crippen molar-refractivity contribution < 1.29 is 32.5 Å². The van der Waals surface area contributed by atoms with Crippen LogP contribution >= 0.6 is 0 Å². The topological polar surface area (TPSA) is 124 Å². The van der Waals surface area contributed by atoms with Crippen molar-refractivity contribution in [1.82, 2.24) is 9.97 Å². The first kappa shape index (κ1) is 29.9. The van der Waals surface area contributed by atoms with Gasteiger partial charge in [-0.3, -0.25) is 4.90 Å². The van der Waals surface area contributed by atoms with E-state index < -0.39 is 23.9 Å². The molecule has 0 radical (unpaired) electrons. The molecule has 5 rings (SSSR count). The molecule has 0 bridgehead atoms. The number of amides is 1. The number of methoxy groups -OCH3 is 1. The Labute approximate surface area is 246 Å². The fraction of sp³-hybridized carbons (Fsp3) is 0.400. The minimum Gasteiger partial charge on any atom is -0.481 e. The summed E-state index contributed by atoms with van der Waals surface area (Å²) in [5.41, 5.74) is 1.62. The van der Waals surface area contributed by atoms with Crippen LogP contribution < -0.4 is 19.9 Å². The molecule has 1 aromatic carbocycles. The largest absolute Gasteiger partial charge is 0.481 e. The number of nitrogens with zero attached hydrogens (tertiary/aromatic N) is 5. The number of hydrogen-bond acceptors (Lipinski definition) is 8. The van der Waals surface area contributed by atoms with E-state index >= 15 is 0 Å². The molecule has 1 saturated heterocycles. The third-order valence-electron chi connectivity index (χ3n) is 7.71. The number of carbonyl (C=O) groups is 1. The molecule has 226 valence electrons. The summed E-state index contributed by atoms with van der Waals surface area (Å²) < 4.78 is 51.8. The summed E-state index contributed by atoms with van der Waals surface area (Å²) in [5, 5.41) is 22.8. The van der Waals surface area contributed by atoms with E-state index in [-0.39, 0.29) is 18.0 Å². The van der Waals surface area contributed by atoms with Gasteiger partial charge >= 0.3 is 12.3 Å². The van der Waals surface area contributed by atoms with Gasteiger partial charge in [-0.15, -0.1) is 0 Å². The van der Waals surface area contributed by atoms with Crippen LogP contribution in [0.4, 0.5) is 35.2 Å². The molecule has 2 aromatic heterocycles. The zero-order valence-corrected chi connectivity index (χ0v) is 23.7. The van der Waals surface area contributed by atoms with Crippen LogP contribution in [-0.2, 0) is 17.3 Å². The lowest BCUT2D eigenvalue weighted by Gasteiger charge is -2.39. The SMILES string of the molecule is CC[C@@H]1C[C@H](Nc2ncc(N3CCOCC3)cc2Cc2cc(C#N)cc(C(F)(F)F)c2)c2nc(OC)ccc2N1C(=O)O. The van der Waals surface area contributed by atoms with Gasteiger partial charge in [0.15, 0.2) is 0 Å². The Morgan fingerprint density at radius 1 is 1.23 bits per heavy atom. The van der Waals surface area contributed by atoms with Gasteiger partial charge in [-0.2, -0.15) is 18.4 Å². The number of pyridine rings is 2. The van der Waals surface area contributed by atoms with Gasteiger partial charge in [-0.05, 0) is 48.7 Å². The van der Waals surface area contributed by atoms with Crippen molar-refractivity contribution >= 4 is 23.3 Å². The molecule has 10 nitrogen and oxygen atoms in total. The predicted octanol–water partition coefficient (Wildman–Crippen LogP) is 5.62. The van der Waals surface area contributed by atoms with Gasteiger partial charge in [0.05, 0.1) is 66.8 Å². The standard InChI is InChI=1S/C30H31F3N6O4/c1-3-22-15-24(27-25(39(22)29(40)41)4-5-26(37-27)42-2)36-28-20(14-23(17-35-28)38-6-8-43-9-7-38)11-18-10-19(16-34)13-21(12-18)30(31,32)33/h4-5,10,12-14,17,22,24H,3,6-9,11,15H2,1-2H3,(H,35,36)(H,40,41)/t22-,24+/m1/s1. The van der Waals surface area contributed by atoms with E-state index in [0.29, 0.717) is 73.4 Å². The van der Waals surface area contributed by atoms with E-state index in [1.54, 1.807) is 18.3 Å². The summed E-state index contributed by atoms with van der Waals surface area (Å²) in [5.74, 6) is 0.738. The zero-order valence-electron chi connectivity index (χ0n) is 23.7. The summed E-state index contributed by atoms with van der Waals surface area (Å²) in [7, 11) is 1.47. The number of rotatable bonds is 7. The summed E-state index contributed by atoms with van der Waals surface area (Å²) >= 11 is 0. The van der Waals surface area contributed by atoms with Gasteiger partial charge in [0.25, 0.3) is 0 Å². The molecular weight excluding hydrogens is 565 g/mol. The Bertz CT molecular complexity index is 1540. The molecule has 0 spiro atoms. The highest BCUT2D eigenvalue weighted by Gasteiger charge is 2.37. The molecule has 2 aliphatic heterocycles. The first-order valence-electron chi connectivity index (χ1n) is 13.9. The number of nitrogens with one attached hydrogen (secondary N) is 1. The maximum atomic E-state index is 13.7. The Morgan fingerprint density at radius 3 is 2.65 bits per heavy atom. The van der Waals surface area contributed by atoms with Gasteiger partial charge in [-0.25, -0.2) is 14.8 Å². The Hall–Kier alpha value is -4.57. The van der Waals surface area contributed by atoms with Crippen molar-refractivity contribution in [2.24, 2.45) is 0 Å². The van der Waals surface area contributed by atoms with Crippen LogP contribution in [-0.4, -0.2) is 60.6 Å². The van der Waals surface area contributed by atoms with E-state index in [4.69, 9.17) is 14.5 Å². The number of benzene rings is 1. The Morgan fingerprint density at radius 2 is 2.00 bits per heavy atom. The highest BCUT2D eigenvalue weighted by molar-refractivity contribution is 5.88. The maximum absolute atomic E-state index is 13.7. The van der Waals surface area contributed by atoms with Crippen LogP contribution in [0.2, 0.25) is 0 Å². The van der Waals surface area contributed by atoms with Crippen molar-refractivity contribution in [2.45, 2.75) is 44.4 Å². The first-order chi connectivity index (χ1) is 20.6. The molecule has 1 fully saturated rings. The van der Waals surface area contributed by atoms with Gasteiger partial charge in [0, 0.05) is 37.2 Å². The summed E-state index contributed by atoms with van der Waals surface area (Å²) in [6.07, 6.45) is -3.01. The fourth-order valence-corrected chi connectivity index (χ4v) is 5.61. The molecule has 2 aliphatic rings. The van der Waals surface area contributed by atoms with Crippen molar-refractivity contribution in [2.75, 3.05) is 48.5 Å². The second kappa shape index (κ2) is 12.3. The Kier molecular flexibility index (Phi) is 8.59. The maximum Gasteiger partial charge on any atom is 0.416 e. The highest BCUT2D eigenvalue weighted by atomic mass is 19.4. The van der Waals surface area contributed by atoms with Crippen LogP contribution in [0.3, 0.4) is 0 Å². The highest BCUT2D eigenvalue weighted by Crippen LogP contribution is 2.41. The number of halogens is 3. The van der Waals surface area contributed by atoms with Gasteiger partial charge in [0.1, 0.15) is 5.82 Å². The van der Waals surface area contributed by atoms with Gasteiger partial charge < -0.3 is 24.8 Å². The molecule has 4 heterocycles. The first-order valence-corrected chi connectivity index (χ1v) is 13.9. The van der Waals surface area contributed by atoms with Gasteiger partial charge in [0.2, 0.25) is 5.88 Å². The minimum absolute atomic E-state index is 0.0652. The molecule has 0 saturated carbocycles. The van der Waals surface area contributed by atoms with Crippen LogP contribution in [0, 0.1) is 11.3 Å². The van der Waals surface area contributed by atoms with Crippen molar-refractivity contribution in [1.29, 1.82) is 5.26 Å². The van der Waals surface area contributed by atoms with E-state index in [1.165, 1.54) is 18.1 Å². The zero-order chi connectivity index (χ0) is 30.7.